The van der Waals surface area contributed by atoms with E-state index in [0.29, 0.717) is 6.54 Å². The average molecular weight is 303 g/mol. The fraction of sp³-hybridized carbons (Fsp3) is 0.0526. The number of nitrogens with one attached hydrogen (secondary N) is 2. The van der Waals surface area contributed by atoms with Crippen LogP contribution in [0.15, 0.2) is 79.1 Å². The highest BCUT2D eigenvalue weighted by Gasteiger charge is 2.03. The van der Waals surface area contributed by atoms with Crippen molar-refractivity contribution in [1.29, 1.82) is 0 Å². The second-order valence-corrected chi connectivity index (χ2v) is 5.11. The summed E-state index contributed by atoms with van der Waals surface area (Å²) in [5, 5.41) is 5.69. The third-order valence-electron chi connectivity index (χ3n) is 3.43. The Bertz CT molecular complexity index is 773. The predicted octanol–water partition coefficient (Wildman–Crippen LogP) is 4.07. The number of pyridine rings is 1. The molecule has 3 rings (SSSR count). The van der Waals surface area contributed by atoms with Crippen LogP contribution in [-0.4, -0.2) is 11.0 Å². The standard InChI is InChI=1S/C19H17N3O/c23-19(21-14-15-9-11-20-12-10-15)22-18-8-4-7-17(13-18)16-5-2-1-3-6-16/h1-13H,14H2,(H2,21,22,23). The molecule has 0 unspecified atom stereocenters. The van der Waals surface area contributed by atoms with Gasteiger partial charge in [0, 0.05) is 24.6 Å². The Morgan fingerprint density at radius 2 is 1.61 bits per heavy atom. The summed E-state index contributed by atoms with van der Waals surface area (Å²) in [5.41, 5.74) is 3.96. The molecule has 3 aromatic rings. The molecule has 0 spiro atoms. The van der Waals surface area contributed by atoms with Crippen molar-refractivity contribution in [2.45, 2.75) is 6.54 Å². The molecular weight excluding hydrogens is 286 g/mol. The minimum Gasteiger partial charge on any atom is -0.334 e. The van der Waals surface area contributed by atoms with E-state index in [1.54, 1.807) is 12.4 Å². The summed E-state index contributed by atoms with van der Waals surface area (Å²) in [6.07, 6.45) is 3.41. The van der Waals surface area contributed by atoms with E-state index in [1.807, 2.05) is 66.7 Å². The van der Waals surface area contributed by atoms with E-state index in [9.17, 15) is 4.79 Å². The van der Waals surface area contributed by atoms with Gasteiger partial charge in [-0.1, -0.05) is 42.5 Å². The third kappa shape index (κ3) is 4.17. The number of rotatable bonds is 4. The second-order valence-electron chi connectivity index (χ2n) is 5.11. The van der Waals surface area contributed by atoms with Gasteiger partial charge in [0.25, 0.3) is 0 Å². The number of carbonyl (C=O) groups is 1. The van der Waals surface area contributed by atoms with Crippen molar-refractivity contribution in [2.75, 3.05) is 5.32 Å². The summed E-state index contributed by atoms with van der Waals surface area (Å²) in [6.45, 7) is 0.465. The quantitative estimate of drug-likeness (QED) is 0.763. The van der Waals surface area contributed by atoms with Crippen molar-refractivity contribution in [3.8, 4) is 11.1 Å². The molecule has 0 aliphatic heterocycles. The Balaban J connectivity index is 1.63. The van der Waals surface area contributed by atoms with E-state index >= 15 is 0 Å². The molecule has 0 aliphatic rings. The smallest absolute Gasteiger partial charge is 0.319 e. The van der Waals surface area contributed by atoms with Crippen molar-refractivity contribution in [2.24, 2.45) is 0 Å². The van der Waals surface area contributed by atoms with Gasteiger partial charge in [-0.15, -0.1) is 0 Å². The van der Waals surface area contributed by atoms with Crippen LogP contribution < -0.4 is 10.6 Å². The number of hydrogen-bond donors (Lipinski definition) is 2. The van der Waals surface area contributed by atoms with Gasteiger partial charge in [-0.3, -0.25) is 4.98 Å². The lowest BCUT2D eigenvalue weighted by Crippen LogP contribution is -2.28. The monoisotopic (exact) mass is 303 g/mol. The molecule has 2 aromatic carbocycles. The molecule has 1 aromatic heterocycles. The molecule has 2 N–H and O–H groups in total. The summed E-state index contributed by atoms with van der Waals surface area (Å²) in [7, 11) is 0. The molecule has 0 aliphatic carbocycles. The molecule has 0 atom stereocenters. The summed E-state index contributed by atoms with van der Waals surface area (Å²) in [5.74, 6) is 0. The Labute approximate surface area is 135 Å². The van der Waals surface area contributed by atoms with Crippen LogP contribution in [0.5, 0.6) is 0 Å². The van der Waals surface area contributed by atoms with Crippen molar-refractivity contribution < 1.29 is 4.79 Å². The van der Waals surface area contributed by atoms with E-state index in [2.05, 4.69) is 15.6 Å². The highest BCUT2D eigenvalue weighted by molar-refractivity contribution is 5.90. The highest BCUT2D eigenvalue weighted by atomic mass is 16.2. The zero-order chi connectivity index (χ0) is 15.9. The summed E-state index contributed by atoms with van der Waals surface area (Å²) in [4.78, 5) is 15.9. The zero-order valence-corrected chi connectivity index (χ0v) is 12.6. The van der Waals surface area contributed by atoms with E-state index in [4.69, 9.17) is 0 Å². The van der Waals surface area contributed by atoms with Gasteiger partial charge in [-0.25, -0.2) is 4.79 Å². The Morgan fingerprint density at radius 1 is 0.870 bits per heavy atom. The van der Waals surface area contributed by atoms with E-state index in [-0.39, 0.29) is 6.03 Å². The van der Waals surface area contributed by atoms with Crippen LogP contribution in [-0.2, 0) is 6.54 Å². The topological polar surface area (TPSA) is 54.0 Å². The lowest BCUT2D eigenvalue weighted by Gasteiger charge is -2.09. The maximum absolute atomic E-state index is 12.0. The molecule has 4 nitrogen and oxygen atoms in total. The number of amides is 2. The van der Waals surface area contributed by atoms with Crippen LogP contribution in [0.25, 0.3) is 11.1 Å². The van der Waals surface area contributed by atoms with Gasteiger partial charge in [0.15, 0.2) is 0 Å². The SMILES string of the molecule is O=C(NCc1ccncc1)Nc1cccc(-c2ccccc2)c1. The van der Waals surface area contributed by atoms with E-state index < -0.39 is 0 Å². The fourth-order valence-electron chi connectivity index (χ4n) is 2.27. The molecule has 0 fully saturated rings. The molecule has 0 radical (unpaired) electrons. The van der Waals surface area contributed by atoms with E-state index in [0.717, 1.165) is 22.4 Å². The van der Waals surface area contributed by atoms with Gasteiger partial charge in [0.2, 0.25) is 0 Å². The minimum atomic E-state index is -0.230. The maximum atomic E-state index is 12.0. The van der Waals surface area contributed by atoms with Gasteiger partial charge < -0.3 is 10.6 Å². The van der Waals surface area contributed by atoms with E-state index in [1.165, 1.54) is 0 Å². The lowest BCUT2D eigenvalue weighted by atomic mass is 10.1. The zero-order valence-electron chi connectivity index (χ0n) is 12.6. The lowest BCUT2D eigenvalue weighted by molar-refractivity contribution is 0.251. The van der Waals surface area contributed by atoms with Gasteiger partial charge in [0.05, 0.1) is 0 Å². The molecule has 114 valence electrons. The second kappa shape index (κ2) is 7.22. The van der Waals surface area contributed by atoms with Crippen molar-refractivity contribution >= 4 is 11.7 Å². The van der Waals surface area contributed by atoms with Gasteiger partial charge in [-0.05, 0) is 41.0 Å². The predicted molar refractivity (Wildman–Crippen MR) is 92.0 cm³/mol. The molecule has 0 saturated heterocycles. The largest absolute Gasteiger partial charge is 0.334 e. The van der Waals surface area contributed by atoms with Crippen molar-refractivity contribution in [3.05, 3.63) is 84.7 Å². The number of benzene rings is 2. The summed E-state index contributed by atoms with van der Waals surface area (Å²) < 4.78 is 0. The maximum Gasteiger partial charge on any atom is 0.319 e. The first-order valence-electron chi connectivity index (χ1n) is 7.40. The normalized spacial score (nSPS) is 10.1. The Morgan fingerprint density at radius 3 is 2.39 bits per heavy atom. The molecule has 2 amide bonds. The van der Waals surface area contributed by atoms with Crippen LogP contribution in [0.2, 0.25) is 0 Å². The van der Waals surface area contributed by atoms with Gasteiger partial charge >= 0.3 is 6.03 Å². The molecule has 4 heteroatoms. The first-order valence-corrected chi connectivity index (χ1v) is 7.40. The summed E-state index contributed by atoms with van der Waals surface area (Å²) >= 11 is 0. The van der Waals surface area contributed by atoms with Crippen LogP contribution in [0.1, 0.15) is 5.56 Å². The van der Waals surface area contributed by atoms with Gasteiger partial charge in [0.1, 0.15) is 0 Å². The molecule has 1 heterocycles. The third-order valence-corrected chi connectivity index (χ3v) is 3.43. The molecule has 23 heavy (non-hydrogen) atoms. The van der Waals surface area contributed by atoms with Crippen LogP contribution in [0, 0.1) is 0 Å². The Hall–Kier alpha value is -3.14. The van der Waals surface area contributed by atoms with Crippen LogP contribution in [0.3, 0.4) is 0 Å². The van der Waals surface area contributed by atoms with Crippen molar-refractivity contribution in [3.63, 3.8) is 0 Å². The molecule has 0 saturated carbocycles. The van der Waals surface area contributed by atoms with Crippen LogP contribution >= 0.6 is 0 Å². The highest BCUT2D eigenvalue weighted by Crippen LogP contribution is 2.22. The Kier molecular flexibility index (Phi) is 4.64. The van der Waals surface area contributed by atoms with Gasteiger partial charge in [-0.2, -0.15) is 0 Å². The number of urea groups is 1. The molecular formula is C19H17N3O. The average Bonchev–Trinajstić information content (AvgIpc) is 2.62. The van der Waals surface area contributed by atoms with Crippen LogP contribution in [0.4, 0.5) is 10.5 Å². The number of hydrogen-bond acceptors (Lipinski definition) is 2. The number of aromatic nitrogens is 1. The number of carbonyl (C=O) groups excluding carboxylic acids is 1. The fourth-order valence-corrected chi connectivity index (χ4v) is 2.27. The first-order chi connectivity index (χ1) is 11.3. The molecule has 0 bridgehead atoms. The summed E-state index contributed by atoms with van der Waals surface area (Å²) in [6, 6.07) is 21.4. The minimum absolute atomic E-state index is 0.230. The number of nitrogens with zero attached hydrogens (tertiary/aromatic N) is 1. The number of anilines is 1. The van der Waals surface area contributed by atoms with Crippen molar-refractivity contribution in [1.82, 2.24) is 10.3 Å². The first kappa shape index (κ1) is 14.8.